The fourth-order valence-electron chi connectivity index (χ4n) is 1.71. The number of halogens is 2. The molecule has 2 rings (SSSR count). The molecule has 0 amide bonds. The fourth-order valence-corrected chi connectivity index (χ4v) is 2.05. The Morgan fingerprint density at radius 3 is 2.63 bits per heavy atom. The second-order valence-electron chi connectivity index (χ2n) is 4.14. The van der Waals surface area contributed by atoms with Crippen LogP contribution in [0.3, 0.4) is 0 Å². The summed E-state index contributed by atoms with van der Waals surface area (Å²) < 4.78 is 13.2. The maximum atomic E-state index is 13.2. The highest BCUT2D eigenvalue weighted by atomic mass is 35.5. The first kappa shape index (κ1) is 13.8. The molecular weight excluding hydrogens is 283 g/mol. The van der Waals surface area contributed by atoms with Crippen LogP contribution in [0.1, 0.15) is 11.1 Å². The number of hydrogen-bond donors (Lipinski definition) is 2. The molecule has 98 valence electrons. The van der Waals surface area contributed by atoms with Crippen LogP contribution >= 0.6 is 23.8 Å². The molecule has 0 fully saturated rings. The Balaban J connectivity index is 2.37. The number of thiocarbonyl (C=S) groups is 1. The molecular formula is C14H12ClFN2S. The molecule has 0 atom stereocenters. The van der Waals surface area contributed by atoms with Crippen molar-refractivity contribution in [1.29, 1.82) is 0 Å². The molecule has 0 spiro atoms. The molecule has 0 aliphatic heterocycles. The Morgan fingerprint density at radius 2 is 2.00 bits per heavy atom. The minimum absolute atomic E-state index is 0.240. The van der Waals surface area contributed by atoms with E-state index in [4.69, 9.17) is 29.6 Å². The zero-order valence-corrected chi connectivity index (χ0v) is 11.8. The van der Waals surface area contributed by atoms with E-state index < -0.39 is 0 Å². The molecule has 0 aromatic heterocycles. The van der Waals surface area contributed by atoms with Crippen LogP contribution in [-0.4, -0.2) is 4.99 Å². The van der Waals surface area contributed by atoms with Crippen molar-refractivity contribution < 1.29 is 4.39 Å². The maximum absolute atomic E-state index is 13.2. The average Bonchev–Trinajstić information content (AvgIpc) is 2.36. The summed E-state index contributed by atoms with van der Waals surface area (Å²) in [6, 6.07) is 10.0. The summed E-state index contributed by atoms with van der Waals surface area (Å²) in [6.45, 7) is 1.71. The Bertz CT molecular complexity index is 643. The van der Waals surface area contributed by atoms with E-state index >= 15 is 0 Å². The van der Waals surface area contributed by atoms with Gasteiger partial charge in [0.15, 0.2) is 0 Å². The average molecular weight is 295 g/mol. The second kappa shape index (κ2) is 5.55. The van der Waals surface area contributed by atoms with E-state index in [1.807, 2.05) is 0 Å². The minimum Gasteiger partial charge on any atom is -0.389 e. The van der Waals surface area contributed by atoms with Gasteiger partial charge in [0.05, 0.1) is 0 Å². The van der Waals surface area contributed by atoms with Crippen LogP contribution in [0.4, 0.5) is 15.8 Å². The molecule has 0 heterocycles. The van der Waals surface area contributed by atoms with Gasteiger partial charge in [0.2, 0.25) is 0 Å². The Kier molecular flexibility index (Phi) is 4.02. The van der Waals surface area contributed by atoms with Crippen LogP contribution in [0.25, 0.3) is 0 Å². The van der Waals surface area contributed by atoms with Gasteiger partial charge in [0.25, 0.3) is 0 Å². The zero-order chi connectivity index (χ0) is 14.0. The number of aryl methyl sites for hydroxylation is 1. The van der Waals surface area contributed by atoms with Gasteiger partial charge in [-0.1, -0.05) is 23.8 Å². The molecule has 5 heteroatoms. The van der Waals surface area contributed by atoms with E-state index in [2.05, 4.69) is 5.32 Å². The Labute approximate surface area is 121 Å². The lowest BCUT2D eigenvalue weighted by molar-refractivity contribution is 0.619. The van der Waals surface area contributed by atoms with Crippen LogP contribution in [-0.2, 0) is 0 Å². The first-order valence-corrected chi connectivity index (χ1v) is 6.38. The summed E-state index contributed by atoms with van der Waals surface area (Å²) in [5, 5.41) is 3.72. The third kappa shape index (κ3) is 3.22. The molecule has 2 aromatic rings. The predicted molar refractivity (Wildman–Crippen MR) is 81.8 cm³/mol. The molecule has 3 N–H and O–H groups in total. The van der Waals surface area contributed by atoms with Crippen LogP contribution < -0.4 is 11.1 Å². The maximum Gasteiger partial charge on any atom is 0.126 e. The number of rotatable bonds is 3. The van der Waals surface area contributed by atoms with Crippen molar-refractivity contribution in [3.05, 3.63) is 58.4 Å². The highest BCUT2D eigenvalue weighted by Gasteiger charge is 2.07. The number of hydrogen-bond acceptors (Lipinski definition) is 2. The van der Waals surface area contributed by atoms with Gasteiger partial charge in [-0.15, -0.1) is 0 Å². The van der Waals surface area contributed by atoms with E-state index in [0.717, 1.165) is 11.4 Å². The Hall–Kier alpha value is -1.65. The summed E-state index contributed by atoms with van der Waals surface area (Å²) >= 11 is 10.9. The molecule has 0 radical (unpaired) electrons. The first-order valence-electron chi connectivity index (χ1n) is 5.60. The van der Waals surface area contributed by atoms with E-state index in [0.29, 0.717) is 16.1 Å². The summed E-state index contributed by atoms with van der Waals surface area (Å²) in [7, 11) is 0. The highest BCUT2D eigenvalue weighted by molar-refractivity contribution is 7.80. The van der Waals surface area contributed by atoms with Gasteiger partial charge in [-0.25, -0.2) is 4.39 Å². The van der Waals surface area contributed by atoms with E-state index in [9.17, 15) is 4.39 Å². The van der Waals surface area contributed by atoms with Gasteiger partial charge in [0.1, 0.15) is 10.8 Å². The van der Waals surface area contributed by atoms with E-state index in [-0.39, 0.29) is 10.8 Å². The smallest absolute Gasteiger partial charge is 0.126 e. The van der Waals surface area contributed by atoms with Crippen molar-refractivity contribution in [3.8, 4) is 0 Å². The standard InChI is InChI=1S/C14H12ClFN2S/c1-8-6-10(3-4-12(8)16)18-13-5-2-9(15)7-11(13)14(17)19/h2-7,18H,1H3,(H2,17,19). The SMILES string of the molecule is Cc1cc(Nc2ccc(Cl)cc2C(N)=S)ccc1F. The monoisotopic (exact) mass is 294 g/mol. The van der Waals surface area contributed by atoms with Crippen LogP contribution in [0.15, 0.2) is 36.4 Å². The summed E-state index contributed by atoms with van der Waals surface area (Å²) in [4.78, 5) is 0.254. The van der Waals surface area contributed by atoms with Gasteiger partial charge in [-0.3, -0.25) is 0 Å². The normalized spacial score (nSPS) is 10.3. The number of benzene rings is 2. The predicted octanol–water partition coefficient (Wildman–Crippen LogP) is 4.17. The van der Waals surface area contributed by atoms with Gasteiger partial charge in [-0.2, -0.15) is 0 Å². The lowest BCUT2D eigenvalue weighted by Crippen LogP contribution is -2.12. The lowest BCUT2D eigenvalue weighted by Gasteiger charge is -2.12. The summed E-state index contributed by atoms with van der Waals surface area (Å²) in [5.74, 6) is -0.240. The van der Waals surface area contributed by atoms with Crippen LogP contribution in [0, 0.1) is 12.7 Å². The van der Waals surface area contributed by atoms with Crippen molar-refractivity contribution in [2.45, 2.75) is 6.92 Å². The molecule has 19 heavy (non-hydrogen) atoms. The van der Waals surface area contributed by atoms with Crippen LogP contribution in [0.5, 0.6) is 0 Å². The largest absolute Gasteiger partial charge is 0.389 e. The molecule has 0 saturated heterocycles. The van der Waals surface area contributed by atoms with Gasteiger partial charge in [0, 0.05) is 22.0 Å². The quantitative estimate of drug-likeness (QED) is 0.835. The lowest BCUT2D eigenvalue weighted by atomic mass is 10.1. The molecule has 2 aromatic carbocycles. The van der Waals surface area contributed by atoms with E-state index in [1.54, 1.807) is 37.3 Å². The van der Waals surface area contributed by atoms with Crippen molar-refractivity contribution in [1.82, 2.24) is 0 Å². The van der Waals surface area contributed by atoms with Gasteiger partial charge >= 0.3 is 0 Å². The van der Waals surface area contributed by atoms with Crippen molar-refractivity contribution >= 4 is 40.2 Å². The zero-order valence-electron chi connectivity index (χ0n) is 10.2. The highest BCUT2D eigenvalue weighted by Crippen LogP contribution is 2.25. The van der Waals surface area contributed by atoms with Crippen molar-refractivity contribution in [2.24, 2.45) is 5.73 Å². The molecule has 2 nitrogen and oxygen atoms in total. The molecule has 0 unspecified atom stereocenters. The molecule has 0 aliphatic rings. The van der Waals surface area contributed by atoms with Crippen molar-refractivity contribution in [2.75, 3.05) is 5.32 Å². The molecule has 0 saturated carbocycles. The Morgan fingerprint density at radius 1 is 1.26 bits per heavy atom. The van der Waals surface area contributed by atoms with Gasteiger partial charge in [-0.05, 0) is 48.9 Å². The van der Waals surface area contributed by atoms with E-state index in [1.165, 1.54) is 6.07 Å². The summed E-state index contributed by atoms with van der Waals surface area (Å²) in [5.41, 5.74) is 8.39. The van der Waals surface area contributed by atoms with Crippen molar-refractivity contribution in [3.63, 3.8) is 0 Å². The van der Waals surface area contributed by atoms with Gasteiger partial charge < -0.3 is 11.1 Å². The number of nitrogens with one attached hydrogen (secondary N) is 1. The topological polar surface area (TPSA) is 38.0 Å². The first-order chi connectivity index (χ1) is 8.97. The molecule has 0 bridgehead atoms. The molecule has 0 aliphatic carbocycles. The fraction of sp³-hybridized carbons (Fsp3) is 0.0714. The third-order valence-corrected chi connectivity index (χ3v) is 3.14. The number of nitrogens with two attached hydrogens (primary N) is 1. The number of anilines is 2. The van der Waals surface area contributed by atoms with Crippen LogP contribution in [0.2, 0.25) is 5.02 Å². The third-order valence-electron chi connectivity index (χ3n) is 2.68. The second-order valence-corrected chi connectivity index (χ2v) is 5.02. The summed E-state index contributed by atoms with van der Waals surface area (Å²) in [6.07, 6.45) is 0. The minimum atomic E-state index is -0.240.